The van der Waals surface area contributed by atoms with E-state index in [-0.39, 0.29) is 0 Å². The highest BCUT2D eigenvalue weighted by atomic mass is 32.2. The normalized spacial score (nSPS) is 11.7. The van der Waals surface area contributed by atoms with Crippen LogP contribution < -0.4 is 5.73 Å². The summed E-state index contributed by atoms with van der Waals surface area (Å²) < 4.78 is 0. The molecule has 82 valence electrons. The van der Waals surface area contributed by atoms with Gasteiger partial charge in [0.05, 0.1) is 0 Å². The molecule has 0 aromatic heterocycles. The highest BCUT2D eigenvalue weighted by Gasteiger charge is 1.96. The fraction of sp³-hybridized carbons (Fsp3) is 0.364. The minimum atomic E-state index is 0.673. The minimum absolute atomic E-state index is 0.673. The van der Waals surface area contributed by atoms with E-state index in [1.165, 1.54) is 10.5 Å². The van der Waals surface area contributed by atoms with Crippen molar-refractivity contribution in [2.75, 3.05) is 12.8 Å². The van der Waals surface area contributed by atoms with Crippen LogP contribution in [0.4, 0.5) is 0 Å². The van der Waals surface area contributed by atoms with Crippen LogP contribution in [0, 0.1) is 0 Å². The monoisotopic (exact) mass is 240 g/mol. The predicted octanol–water partition coefficient (Wildman–Crippen LogP) is 2.98. The van der Waals surface area contributed by atoms with E-state index in [9.17, 15) is 0 Å². The average Bonchev–Trinajstić information content (AvgIpc) is 2.27. The molecule has 0 saturated heterocycles. The van der Waals surface area contributed by atoms with Gasteiger partial charge in [-0.3, -0.25) is 4.99 Å². The van der Waals surface area contributed by atoms with Crippen LogP contribution in [0.2, 0.25) is 0 Å². The zero-order valence-electron chi connectivity index (χ0n) is 9.06. The van der Waals surface area contributed by atoms with Crippen molar-refractivity contribution in [2.24, 2.45) is 10.7 Å². The van der Waals surface area contributed by atoms with Crippen LogP contribution in [0.1, 0.15) is 12.5 Å². The second-order valence-corrected chi connectivity index (χ2v) is 4.82. The van der Waals surface area contributed by atoms with Crippen molar-refractivity contribution in [1.82, 2.24) is 0 Å². The standard InChI is InChI=1S/C11H16N2S2/c1-3-13-11(12)15-8-9-4-6-10(14-2)7-5-9/h4-7H,3,8H2,1-2H3,(H2,12,13). The summed E-state index contributed by atoms with van der Waals surface area (Å²) in [6, 6.07) is 8.54. The Labute approximate surface area is 99.7 Å². The molecule has 1 aromatic rings. The van der Waals surface area contributed by atoms with Crippen LogP contribution >= 0.6 is 23.5 Å². The van der Waals surface area contributed by atoms with E-state index in [2.05, 4.69) is 35.5 Å². The fourth-order valence-corrected chi connectivity index (χ4v) is 2.22. The Balaban J connectivity index is 2.47. The van der Waals surface area contributed by atoms with Gasteiger partial charge in [0.15, 0.2) is 5.17 Å². The van der Waals surface area contributed by atoms with Crippen molar-refractivity contribution in [3.8, 4) is 0 Å². The van der Waals surface area contributed by atoms with Crippen LogP contribution in [0.25, 0.3) is 0 Å². The van der Waals surface area contributed by atoms with Gasteiger partial charge in [0.2, 0.25) is 0 Å². The molecule has 0 aliphatic rings. The van der Waals surface area contributed by atoms with E-state index < -0.39 is 0 Å². The van der Waals surface area contributed by atoms with Crippen LogP contribution in [-0.4, -0.2) is 18.0 Å². The Morgan fingerprint density at radius 1 is 1.33 bits per heavy atom. The molecule has 4 heteroatoms. The molecule has 0 amide bonds. The number of nitrogens with zero attached hydrogens (tertiary/aromatic N) is 1. The third kappa shape index (κ3) is 4.62. The second kappa shape index (κ2) is 6.80. The first kappa shape index (κ1) is 12.5. The lowest BCUT2D eigenvalue weighted by atomic mass is 10.2. The smallest absolute Gasteiger partial charge is 0.154 e. The third-order valence-corrected chi connectivity index (χ3v) is 3.51. The summed E-state index contributed by atoms with van der Waals surface area (Å²) in [5.74, 6) is 0.893. The van der Waals surface area contributed by atoms with Gasteiger partial charge in [-0.25, -0.2) is 0 Å². The molecule has 2 N–H and O–H groups in total. The first-order valence-electron chi connectivity index (χ1n) is 4.82. The van der Waals surface area contributed by atoms with Crippen molar-refractivity contribution in [1.29, 1.82) is 0 Å². The highest BCUT2D eigenvalue weighted by molar-refractivity contribution is 8.13. The van der Waals surface area contributed by atoms with Gasteiger partial charge in [0.1, 0.15) is 0 Å². The lowest BCUT2D eigenvalue weighted by Crippen LogP contribution is -2.07. The summed E-state index contributed by atoms with van der Waals surface area (Å²) >= 11 is 3.34. The molecule has 0 saturated carbocycles. The van der Waals surface area contributed by atoms with Crippen molar-refractivity contribution >= 4 is 28.7 Å². The summed E-state index contributed by atoms with van der Waals surface area (Å²) in [5, 5.41) is 0.673. The topological polar surface area (TPSA) is 38.4 Å². The maximum atomic E-state index is 5.70. The van der Waals surface area contributed by atoms with Gasteiger partial charge in [-0.2, -0.15) is 0 Å². The Hall–Kier alpha value is -0.610. The zero-order chi connectivity index (χ0) is 11.1. The molecule has 0 heterocycles. The van der Waals surface area contributed by atoms with E-state index in [0.29, 0.717) is 5.17 Å². The number of amidine groups is 1. The molecular weight excluding hydrogens is 224 g/mol. The van der Waals surface area contributed by atoms with Crippen molar-refractivity contribution in [3.63, 3.8) is 0 Å². The average molecular weight is 240 g/mol. The lowest BCUT2D eigenvalue weighted by Gasteiger charge is -2.02. The molecule has 2 nitrogen and oxygen atoms in total. The van der Waals surface area contributed by atoms with Crippen LogP contribution in [-0.2, 0) is 5.75 Å². The number of nitrogens with two attached hydrogens (primary N) is 1. The molecule has 1 rings (SSSR count). The van der Waals surface area contributed by atoms with Gasteiger partial charge in [-0.1, -0.05) is 23.9 Å². The minimum Gasteiger partial charge on any atom is -0.379 e. The lowest BCUT2D eigenvalue weighted by molar-refractivity contribution is 1.13. The molecule has 0 aliphatic heterocycles. The Morgan fingerprint density at radius 2 is 2.00 bits per heavy atom. The summed E-state index contributed by atoms with van der Waals surface area (Å²) in [4.78, 5) is 5.42. The Kier molecular flexibility index (Phi) is 5.65. The molecule has 0 fully saturated rings. The third-order valence-electron chi connectivity index (χ3n) is 1.86. The number of benzene rings is 1. The Morgan fingerprint density at radius 3 is 2.53 bits per heavy atom. The summed E-state index contributed by atoms with van der Waals surface area (Å²) in [6.07, 6.45) is 2.08. The van der Waals surface area contributed by atoms with E-state index in [1.807, 2.05) is 6.92 Å². The zero-order valence-corrected chi connectivity index (χ0v) is 10.7. The molecule has 0 radical (unpaired) electrons. The van der Waals surface area contributed by atoms with Crippen LogP contribution in [0.15, 0.2) is 34.2 Å². The van der Waals surface area contributed by atoms with Crippen molar-refractivity contribution in [2.45, 2.75) is 17.6 Å². The first-order valence-corrected chi connectivity index (χ1v) is 7.03. The number of rotatable bonds is 4. The van der Waals surface area contributed by atoms with E-state index in [4.69, 9.17) is 5.73 Å². The van der Waals surface area contributed by atoms with Gasteiger partial charge < -0.3 is 5.73 Å². The summed E-state index contributed by atoms with van der Waals surface area (Å²) in [7, 11) is 0. The SMILES string of the molecule is CCN=C(N)SCc1ccc(SC)cc1. The van der Waals surface area contributed by atoms with Crippen LogP contribution in [0.3, 0.4) is 0 Å². The van der Waals surface area contributed by atoms with E-state index in [0.717, 1.165) is 12.3 Å². The quantitative estimate of drug-likeness (QED) is 0.499. The molecule has 0 bridgehead atoms. The first-order chi connectivity index (χ1) is 7.26. The maximum absolute atomic E-state index is 5.70. The molecule has 0 atom stereocenters. The number of hydrogen-bond acceptors (Lipinski definition) is 3. The van der Waals surface area contributed by atoms with Gasteiger partial charge in [0, 0.05) is 17.2 Å². The van der Waals surface area contributed by atoms with Gasteiger partial charge in [-0.15, -0.1) is 11.8 Å². The largest absolute Gasteiger partial charge is 0.379 e. The van der Waals surface area contributed by atoms with Crippen molar-refractivity contribution in [3.05, 3.63) is 29.8 Å². The van der Waals surface area contributed by atoms with Gasteiger partial charge in [-0.05, 0) is 30.9 Å². The number of aliphatic imine (C=N–C) groups is 1. The molecule has 0 unspecified atom stereocenters. The summed E-state index contributed by atoms with van der Waals surface area (Å²) in [5.41, 5.74) is 6.98. The number of hydrogen-bond donors (Lipinski definition) is 1. The highest BCUT2D eigenvalue weighted by Crippen LogP contribution is 2.18. The molecule has 1 aromatic carbocycles. The molecule has 15 heavy (non-hydrogen) atoms. The number of thioether (sulfide) groups is 2. The maximum Gasteiger partial charge on any atom is 0.154 e. The van der Waals surface area contributed by atoms with Crippen molar-refractivity contribution < 1.29 is 0 Å². The fourth-order valence-electron chi connectivity index (χ4n) is 1.08. The Bertz CT molecular complexity index is 320. The van der Waals surface area contributed by atoms with E-state index >= 15 is 0 Å². The van der Waals surface area contributed by atoms with Crippen LogP contribution in [0.5, 0.6) is 0 Å². The van der Waals surface area contributed by atoms with Gasteiger partial charge in [0.25, 0.3) is 0 Å². The molecule has 0 aliphatic carbocycles. The second-order valence-electron chi connectivity index (χ2n) is 2.95. The summed E-state index contributed by atoms with van der Waals surface area (Å²) in [6.45, 7) is 2.74. The molecule has 0 spiro atoms. The molecular formula is C11H16N2S2. The van der Waals surface area contributed by atoms with E-state index in [1.54, 1.807) is 23.5 Å². The van der Waals surface area contributed by atoms with Gasteiger partial charge >= 0.3 is 0 Å². The predicted molar refractivity (Wildman–Crippen MR) is 71.7 cm³/mol.